The molecule has 1 N–H and O–H groups in total. The Labute approximate surface area is 137 Å². The van der Waals surface area contributed by atoms with Crippen molar-refractivity contribution in [2.45, 2.75) is 13.5 Å². The van der Waals surface area contributed by atoms with Crippen molar-refractivity contribution in [1.29, 1.82) is 0 Å². The first-order chi connectivity index (χ1) is 11.1. The van der Waals surface area contributed by atoms with Gasteiger partial charge in [-0.15, -0.1) is 11.3 Å². The fourth-order valence-electron chi connectivity index (χ4n) is 2.15. The minimum absolute atomic E-state index is 0.143. The van der Waals surface area contributed by atoms with E-state index in [-0.39, 0.29) is 11.5 Å². The molecule has 1 aromatic carbocycles. The topological polar surface area (TPSA) is 64.0 Å². The standard InChI is InChI=1S/C17H15N3O2S/c1-12-11-23-17(18-12)19-16(22)14-7-8-15(21)20(10-14)9-13-5-3-2-4-6-13/h2-8,10-11H,9H2,1H3,(H,18,19,22). The number of carbonyl (C=O) groups is 1. The molecule has 0 atom stereocenters. The van der Waals surface area contributed by atoms with E-state index in [9.17, 15) is 9.59 Å². The molecule has 3 aromatic rings. The van der Waals surface area contributed by atoms with Crippen LogP contribution < -0.4 is 10.9 Å². The molecule has 0 unspecified atom stereocenters. The lowest BCUT2D eigenvalue weighted by molar-refractivity contribution is 0.102. The molecule has 116 valence electrons. The summed E-state index contributed by atoms with van der Waals surface area (Å²) in [5.74, 6) is -0.277. The van der Waals surface area contributed by atoms with Crippen LogP contribution in [0.25, 0.3) is 0 Å². The molecule has 0 saturated carbocycles. The first-order valence-corrected chi connectivity index (χ1v) is 7.98. The van der Waals surface area contributed by atoms with Crippen molar-refractivity contribution < 1.29 is 4.79 Å². The Morgan fingerprint density at radius 1 is 1.22 bits per heavy atom. The van der Waals surface area contributed by atoms with Gasteiger partial charge in [0.2, 0.25) is 0 Å². The van der Waals surface area contributed by atoms with E-state index in [1.54, 1.807) is 6.20 Å². The van der Waals surface area contributed by atoms with Gasteiger partial charge in [-0.25, -0.2) is 4.98 Å². The van der Waals surface area contributed by atoms with Crippen molar-refractivity contribution in [1.82, 2.24) is 9.55 Å². The summed E-state index contributed by atoms with van der Waals surface area (Å²) in [4.78, 5) is 28.5. The second-order valence-corrected chi connectivity index (χ2v) is 5.98. The average molecular weight is 325 g/mol. The van der Waals surface area contributed by atoms with Crippen LogP contribution in [-0.2, 0) is 6.54 Å². The molecule has 5 nitrogen and oxygen atoms in total. The van der Waals surface area contributed by atoms with E-state index in [2.05, 4.69) is 10.3 Å². The molecule has 0 aliphatic heterocycles. The van der Waals surface area contributed by atoms with Crippen molar-refractivity contribution in [2.75, 3.05) is 5.32 Å². The summed E-state index contributed by atoms with van der Waals surface area (Å²) >= 11 is 1.37. The Morgan fingerprint density at radius 3 is 2.70 bits per heavy atom. The van der Waals surface area contributed by atoms with Crippen LogP contribution in [0, 0.1) is 6.92 Å². The number of rotatable bonds is 4. The number of aromatic nitrogens is 2. The lowest BCUT2D eigenvalue weighted by Gasteiger charge is -2.08. The molecular weight excluding hydrogens is 310 g/mol. The van der Waals surface area contributed by atoms with E-state index in [1.165, 1.54) is 28.0 Å². The summed E-state index contributed by atoms with van der Waals surface area (Å²) in [5.41, 5.74) is 2.14. The smallest absolute Gasteiger partial charge is 0.258 e. The lowest BCUT2D eigenvalue weighted by Crippen LogP contribution is -2.22. The molecule has 1 amide bonds. The van der Waals surface area contributed by atoms with Crippen LogP contribution in [0.5, 0.6) is 0 Å². The van der Waals surface area contributed by atoms with E-state index >= 15 is 0 Å². The summed E-state index contributed by atoms with van der Waals surface area (Å²) in [7, 11) is 0. The van der Waals surface area contributed by atoms with Gasteiger partial charge in [-0.3, -0.25) is 14.9 Å². The van der Waals surface area contributed by atoms with Crippen LogP contribution >= 0.6 is 11.3 Å². The van der Waals surface area contributed by atoms with E-state index in [4.69, 9.17) is 0 Å². The molecule has 3 rings (SSSR count). The molecule has 0 spiro atoms. The number of carbonyl (C=O) groups excluding carboxylic acids is 1. The summed E-state index contributed by atoms with van der Waals surface area (Å²) in [5, 5.41) is 5.16. The molecule has 6 heteroatoms. The van der Waals surface area contributed by atoms with Crippen LogP contribution in [0.3, 0.4) is 0 Å². The summed E-state index contributed by atoms with van der Waals surface area (Å²) in [6.07, 6.45) is 1.57. The van der Waals surface area contributed by atoms with Crippen LogP contribution in [0.2, 0.25) is 0 Å². The van der Waals surface area contributed by atoms with Gasteiger partial charge in [0, 0.05) is 17.6 Å². The SMILES string of the molecule is Cc1csc(NC(=O)c2ccc(=O)n(Cc3ccccc3)c2)n1. The first-order valence-electron chi connectivity index (χ1n) is 7.10. The monoisotopic (exact) mass is 325 g/mol. The number of amides is 1. The van der Waals surface area contributed by atoms with Gasteiger partial charge in [0.1, 0.15) is 0 Å². The van der Waals surface area contributed by atoms with Crippen LogP contribution in [0.1, 0.15) is 21.6 Å². The predicted octanol–water partition coefficient (Wildman–Crippen LogP) is 2.91. The molecule has 23 heavy (non-hydrogen) atoms. The van der Waals surface area contributed by atoms with Gasteiger partial charge in [-0.2, -0.15) is 0 Å². The Bertz CT molecular complexity index is 884. The van der Waals surface area contributed by atoms with Crippen LogP contribution in [-0.4, -0.2) is 15.5 Å². The molecule has 0 aliphatic rings. The minimum Gasteiger partial charge on any atom is -0.310 e. The maximum atomic E-state index is 12.3. The third-order valence-electron chi connectivity index (χ3n) is 3.28. The van der Waals surface area contributed by atoms with Gasteiger partial charge in [0.05, 0.1) is 17.8 Å². The van der Waals surface area contributed by atoms with Crippen molar-refractivity contribution in [3.05, 3.63) is 81.2 Å². The summed E-state index contributed by atoms with van der Waals surface area (Å²) in [6, 6.07) is 12.6. The number of nitrogens with zero attached hydrogens (tertiary/aromatic N) is 2. The van der Waals surface area contributed by atoms with Gasteiger partial charge >= 0.3 is 0 Å². The Kier molecular flexibility index (Phi) is 4.34. The normalized spacial score (nSPS) is 10.5. The number of hydrogen-bond acceptors (Lipinski definition) is 4. The molecule has 2 aromatic heterocycles. The highest BCUT2D eigenvalue weighted by Crippen LogP contribution is 2.15. The molecular formula is C17H15N3O2S. The Balaban J connectivity index is 1.82. The highest BCUT2D eigenvalue weighted by atomic mass is 32.1. The quantitative estimate of drug-likeness (QED) is 0.802. The van der Waals surface area contributed by atoms with Crippen molar-refractivity contribution in [3.63, 3.8) is 0 Å². The highest BCUT2D eigenvalue weighted by molar-refractivity contribution is 7.13. The Hall–Kier alpha value is -2.73. The van der Waals surface area contributed by atoms with Crippen molar-refractivity contribution in [3.8, 4) is 0 Å². The largest absolute Gasteiger partial charge is 0.310 e. The summed E-state index contributed by atoms with van der Waals surface area (Å²) in [6.45, 7) is 2.29. The third-order valence-corrected chi connectivity index (χ3v) is 4.16. The van der Waals surface area contributed by atoms with E-state index < -0.39 is 0 Å². The van der Waals surface area contributed by atoms with Crippen LogP contribution in [0.4, 0.5) is 5.13 Å². The fourth-order valence-corrected chi connectivity index (χ4v) is 2.83. The molecule has 2 heterocycles. The highest BCUT2D eigenvalue weighted by Gasteiger charge is 2.10. The molecule has 0 fully saturated rings. The van der Waals surface area contributed by atoms with Gasteiger partial charge in [0.25, 0.3) is 11.5 Å². The van der Waals surface area contributed by atoms with Gasteiger partial charge in [-0.05, 0) is 18.6 Å². The van der Waals surface area contributed by atoms with Crippen LogP contribution in [0.15, 0.2) is 58.8 Å². The van der Waals surface area contributed by atoms with E-state index in [1.807, 2.05) is 42.6 Å². The zero-order valence-electron chi connectivity index (χ0n) is 12.5. The molecule has 0 radical (unpaired) electrons. The minimum atomic E-state index is -0.277. The number of pyridine rings is 1. The third kappa shape index (κ3) is 3.73. The van der Waals surface area contributed by atoms with Gasteiger partial charge in [-0.1, -0.05) is 30.3 Å². The fraction of sp³-hybridized carbons (Fsp3) is 0.118. The number of thiazole rings is 1. The zero-order chi connectivity index (χ0) is 16.2. The predicted molar refractivity (Wildman–Crippen MR) is 91.1 cm³/mol. The van der Waals surface area contributed by atoms with Gasteiger partial charge in [0.15, 0.2) is 5.13 Å². The second-order valence-electron chi connectivity index (χ2n) is 5.12. The van der Waals surface area contributed by atoms with Crippen molar-refractivity contribution >= 4 is 22.4 Å². The number of aryl methyl sites for hydroxylation is 1. The Morgan fingerprint density at radius 2 is 2.00 bits per heavy atom. The van der Waals surface area contributed by atoms with Crippen molar-refractivity contribution in [2.24, 2.45) is 0 Å². The summed E-state index contributed by atoms with van der Waals surface area (Å²) < 4.78 is 1.53. The zero-order valence-corrected chi connectivity index (χ0v) is 13.3. The first kappa shape index (κ1) is 15.2. The number of anilines is 1. The lowest BCUT2D eigenvalue weighted by atomic mass is 10.2. The molecule has 0 aliphatic carbocycles. The second kappa shape index (κ2) is 6.58. The maximum Gasteiger partial charge on any atom is 0.258 e. The number of benzene rings is 1. The van der Waals surface area contributed by atoms with Gasteiger partial charge < -0.3 is 4.57 Å². The average Bonchev–Trinajstić information content (AvgIpc) is 2.95. The van der Waals surface area contributed by atoms with E-state index in [0.717, 1.165) is 11.3 Å². The number of nitrogens with one attached hydrogen (secondary N) is 1. The van der Waals surface area contributed by atoms with E-state index in [0.29, 0.717) is 17.2 Å². The molecule has 0 saturated heterocycles. The number of hydrogen-bond donors (Lipinski definition) is 1. The molecule has 0 bridgehead atoms. The maximum absolute atomic E-state index is 12.3.